The van der Waals surface area contributed by atoms with E-state index >= 15 is 0 Å². The maximum atomic E-state index is 12.9. The zero-order valence-electron chi connectivity index (χ0n) is 12.3. The Bertz CT molecular complexity index is 502. The largest absolute Gasteiger partial charge is 0.385 e. The zero-order chi connectivity index (χ0) is 14.1. The topological polar surface area (TPSA) is 35.6 Å². The summed E-state index contributed by atoms with van der Waals surface area (Å²) >= 11 is 0. The Morgan fingerprint density at radius 3 is 2.90 bits per heavy atom. The van der Waals surface area contributed by atoms with Crippen molar-refractivity contribution < 1.29 is 4.79 Å². The summed E-state index contributed by atoms with van der Waals surface area (Å²) in [4.78, 5) is 17.3. The third-order valence-corrected chi connectivity index (χ3v) is 4.50. The van der Waals surface area contributed by atoms with Crippen LogP contribution in [0, 0.1) is 0 Å². The first kappa shape index (κ1) is 13.4. The summed E-state index contributed by atoms with van der Waals surface area (Å²) in [6, 6.07) is 8.52. The van der Waals surface area contributed by atoms with Gasteiger partial charge in [-0.05, 0) is 32.0 Å². The molecule has 0 bridgehead atoms. The smallest absolute Gasteiger partial charge is 0.230 e. The Morgan fingerprint density at radius 1 is 1.30 bits per heavy atom. The first-order valence-corrected chi connectivity index (χ1v) is 7.48. The first-order chi connectivity index (χ1) is 9.66. The Morgan fingerprint density at radius 2 is 2.10 bits per heavy atom. The standard InChI is InChI=1S/C16H23N3O/c1-12-11-18(2)9-10-19(12)16(20)14-7-8-17-15-6-4-3-5-13(14)15/h3-6,12,14,17H,7-11H2,1-2H3. The monoisotopic (exact) mass is 273 g/mol. The third-order valence-electron chi connectivity index (χ3n) is 4.50. The number of carbonyl (C=O) groups is 1. The minimum atomic E-state index is 0.0262. The molecule has 3 rings (SSSR count). The van der Waals surface area contributed by atoms with E-state index < -0.39 is 0 Å². The Balaban J connectivity index is 1.81. The molecule has 1 fully saturated rings. The number of benzene rings is 1. The molecule has 1 amide bonds. The maximum absolute atomic E-state index is 12.9. The quantitative estimate of drug-likeness (QED) is 0.847. The van der Waals surface area contributed by atoms with Gasteiger partial charge in [0.25, 0.3) is 0 Å². The van der Waals surface area contributed by atoms with E-state index in [2.05, 4.69) is 41.2 Å². The number of anilines is 1. The lowest BCUT2D eigenvalue weighted by Gasteiger charge is -2.40. The van der Waals surface area contributed by atoms with Gasteiger partial charge in [-0.3, -0.25) is 4.79 Å². The third kappa shape index (κ3) is 2.40. The Kier molecular flexibility index (Phi) is 3.66. The Hall–Kier alpha value is -1.55. The highest BCUT2D eigenvalue weighted by Gasteiger charge is 2.33. The van der Waals surface area contributed by atoms with Crippen molar-refractivity contribution in [3.63, 3.8) is 0 Å². The van der Waals surface area contributed by atoms with Gasteiger partial charge in [-0.15, -0.1) is 0 Å². The highest BCUT2D eigenvalue weighted by molar-refractivity contribution is 5.86. The summed E-state index contributed by atoms with van der Waals surface area (Å²) in [5, 5.41) is 3.39. The highest BCUT2D eigenvalue weighted by atomic mass is 16.2. The molecule has 2 unspecified atom stereocenters. The van der Waals surface area contributed by atoms with Crippen molar-refractivity contribution in [2.45, 2.75) is 25.3 Å². The molecule has 2 atom stereocenters. The van der Waals surface area contributed by atoms with Crippen molar-refractivity contribution in [2.24, 2.45) is 0 Å². The fraction of sp³-hybridized carbons (Fsp3) is 0.562. The van der Waals surface area contributed by atoms with Crippen molar-refractivity contribution in [3.05, 3.63) is 29.8 Å². The molecule has 4 heteroatoms. The molecular formula is C16H23N3O. The molecule has 1 aromatic carbocycles. The van der Waals surface area contributed by atoms with Crippen molar-refractivity contribution in [2.75, 3.05) is 38.5 Å². The summed E-state index contributed by atoms with van der Waals surface area (Å²) in [6.07, 6.45) is 0.898. The van der Waals surface area contributed by atoms with Crippen LogP contribution >= 0.6 is 0 Å². The van der Waals surface area contributed by atoms with Gasteiger partial charge in [0, 0.05) is 37.9 Å². The number of nitrogens with zero attached hydrogens (tertiary/aromatic N) is 2. The minimum Gasteiger partial charge on any atom is -0.385 e. The van der Waals surface area contributed by atoms with Crippen LogP contribution < -0.4 is 5.32 Å². The summed E-state index contributed by atoms with van der Waals surface area (Å²) < 4.78 is 0. The number of likely N-dealkylation sites (N-methyl/N-ethyl adjacent to an activating group) is 1. The summed E-state index contributed by atoms with van der Waals surface area (Å²) in [5.74, 6) is 0.331. The molecule has 4 nitrogen and oxygen atoms in total. The van der Waals surface area contributed by atoms with E-state index in [0.717, 1.165) is 43.9 Å². The average molecular weight is 273 g/mol. The molecule has 0 radical (unpaired) electrons. The van der Waals surface area contributed by atoms with E-state index in [9.17, 15) is 4.79 Å². The summed E-state index contributed by atoms with van der Waals surface area (Å²) in [5.41, 5.74) is 2.29. The van der Waals surface area contributed by atoms with Crippen LogP contribution in [-0.4, -0.2) is 55.0 Å². The number of fused-ring (bicyclic) bond motifs is 1. The molecule has 1 aromatic rings. The number of amides is 1. The van der Waals surface area contributed by atoms with E-state index in [-0.39, 0.29) is 5.92 Å². The summed E-state index contributed by atoms with van der Waals surface area (Å²) in [6.45, 7) is 5.83. The summed E-state index contributed by atoms with van der Waals surface area (Å²) in [7, 11) is 2.12. The van der Waals surface area contributed by atoms with Gasteiger partial charge >= 0.3 is 0 Å². The van der Waals surface area contributed by atoms with Gasteiger partial charge in [-0.2, -0.15) is 0 Å². The Labute approximate surface area is 120 Å². The van der Waals surface area contributed by atoms with Gasteiger partial charge in [0.2, 0.25) is 5.91 Å². The second-order valence-corrected chi connectivity index (χ2v) is 6.00. The minimum absolute atomic E-state index is 0.0262. The second kappa shape index (κ2) is 5.44. The van der Waals surface area contributed by atoms with Crippen LogP contribution in [0.25, 0.3) is 0 Å². The number of carbonyl (C=O) groups excluding carboxylic acids is 1. The van der Waals surface area contributed by atoms with Crippen LogP contribution in [0.15, 0.2) is 24.3 Å². The average Bonchev–Trinajstić information content (AvgIpc) is 2.46. The van der Waals surface area contributed by atoms with E-state index in [1.54, 1.807) is 0 Å². The van der Waals surface area contributed by atoms with Gasteiger partial charge in [0.15, 0.2) is 0 Å². The van der Waals surface area contributed by atoms with E-state index in [1.807, 2.05) is 12.1 Å². The maximum Gasteiger partial charge on any atom is 0.230 e. The van der Waals surface area contributed by atoms with Gasteiger partial charge in [-0.25, -0.2) is 0 Å². The molecule has 2 aliphatic heterocycles. The molecular weight excluding hydrogens is 250 g/mol. The lowest BCUT2D eigenvalue weighted by molar-refractivity contribution is -0.137. The molecule has 0 saturated carbocycles. The number of hydrogen-bond donors (Lipinski definition) is 1. The van der Waals surface area contributed by atoms with Crippen LogP contribution in [0.4, 0.5) is 5.69 Å². The normalized spacial score (nSPS) is 26.8. The zero-order valence-corrected chi connectivity index (χ0v) is 12.3. The number of para-hydroxylation sites is 1. The predicted octanol–water partition coefficient (Wildman–Crippen LogP) is 1.75. The van der Waals surface area contributed by atoms with Crippen molar-refractivity contribution in [1.29, 1.82) is 0 Å². The van der Waals surface area contributed by atoms with Crippen LogP contribution in [0.1, 0.15) is 24.8 Å². The highest BCUT2D eigenvalue weighted by Crippen LogP contribution is 2.33. The van der Waals surface area contributed by atoms with Gasteiger partial charge in [-0.1, -0.05) is 18.2 Å². The van der Waals surface area contributed by atoms with E-state index in [0.29, 0.717) is 11.9 Å². The molecule has 0 spiro atoms. The van der Waals surface area contributed by atoms with Crippen LogP contribution in [-0.2, 0) is 4.79 Å². The molecule has 20 heavy (non-hydrogen) atoms. The van der Waals surface area contributed by atoms with Gasteiger partial charge in [0.05, 0.1) is 5.92 Å². The molecule has 2 heterocycles. The first-order valence-electron chi connectivity index (χ1n) is 7.48. The molecule has 108 valence electrons. The number of piperazine rings is 1. The fourth-order valence-electron chi connectivity index (χ4n) is 3.39. The van der Waals surface area contributed by atoms with Crippen molar-refractivity contribution in [1.82, 2.24) is 9.80 Å². The molecule has 1 N–H and O–H groups in total. The number of nitrogens with one attached hydrogen (secondary N) is 1. The van der Waals surface area contributed by atoms with Crippen LogP contribution in [0.5, 0.6) is 0 Å². The molecule has 0 aromatic heterocycles. The molecule has 2 aliphatic rings. The van der Waals surface area contributed by atoms with Gasteiger partial charge < -0.3 is 15.1 Å². The SMILES string of the molecule is CC1CN(C)CCN1C(=O)C1CCNc2ccccc21. The van der Waals surface area contributed by atoms with E-state index in [4.69, 9.17) is 0 Å². The van der Waals surface area contributed by atoms with Crippen molar-refractivity contribution in [3.8, 4) is 0 Å². The predicted molar refractivity (Wildman–Crippen MR) is 81.0 cm³/mol. The number of hydrogen-bond acceptors (Lipinski definition) is 3. The number of rotatable bonds is 1. The lowest BCUT2D eigenvalue weighted by atomic mass is 9.89. The van der Waals surface area contributed by atoms with E-state index in [1.165, 1.54) is 0 Å². The van der Waals surface area contributed by atoms with Crippen LogP contribution in [0.2, 0.25) is 0 Å². The van der Waals surface area contributed by atoms with Crippen LogP contribution in [0.3, 0.4) is 0 Å². The van der Waals surface area contributed by atoms with Gasteiger partial charge in [0.1, 0.15) is 0 Å². The second-order valence-electron chi connectivity index (χ2n) is 6.00. The molecule has 0 aliphatic carbocycles. The van der Waals surface area contributed by atoms with Crippen molar-refractivity contribution >= 4 is 11.6 Å². The molecule has 1 saturated heterocycles. The lowest BCUT2D eigenvalue weighted by Crippen LogP contribution is -2.54. The fourth-order valence-corrected chi connectivity index (χ4v) is 3.39.